The Morgan fingerprint density at radius 3 is 1.70 bits per heavy atom. The van der Waals surface area contributed by atoms with E-state index in [1.54, 1.807) is 66.9 Å². The van der Waals surface area contributed by atoms with Crippen LogP contribution in [0, 0.1) is 15.5 Å². The third-order valence-electron chi connectivity index (χ3n) is 9.36. The Labute approximate surface area is 385 Å². The van der Waals surface area contributed by atoms with Crippen LogP contribution in [-0.4, -0.2) is 70.4 Å². The van der Waals surface area contributed by atoms with Crippen LogP contribution in [0.25, 0.3) is 11.3 Å². The Morgan fingerprint density at radius 2 is 1.18 bits per heavy atom. The number of carbonyl (C=O) groups is 4. The number of esters is 4. The number of rotatable bonds is 26. The van der Waals surface area contributed by atoms with E-state index in [9.17, 15) is 29.3 Å². The van der Waals surface area contributed by atoms with Crippen LogP contribution in [0.3, 0.4) is 0 Å². The zero-order chi connectivity index (χ0) is 47.1. The summed E-state index contributed by atoms with van der Waals surface area (Å²) in [4.78, 5) is 66.9. The van der Waals surface area contributed by atoms with Crippen molar-refractivity contribution < 1.29 is 52.5 Å². The van der Waals surface area contributed by atoms with Crippen molar-refractivity contribution in [3.05, 3.63) is 144 Å². The average Bonchev–Trinajstić information content (AvgIpc) is 3.79. The van der Waals surface area contributed by atoms with Crippen molar-refractivity contribution in [2.24, 2.45) is 0 Å². The molecule has 18 heteroatoms. The number of non-ortho nitro benzene ring substituents is 1. The van der Waals surface area contributed by atoms with Gasteiger partial charge in [0, 0.05) is 42.1 Å². The highest BCUT2D eigenvalue weighted by atomic mass is 32.2. The molecule has 66 heavy (non-hydrogen) atoms. The van der Waals surface area contributed by atoms with Crippen LogP contribution in [0.1, 0.15) is 72.1 Å². The highest BCUT2D eigenvalue weighted by Gasteiger charge is 2.18. The van der Waals surface area contributed by atoms with E-state index in [1.165, 1.54) is 30.3 Å². The topological polar surface area (TPSA) is 231 Å². The van der Waals surface area contributed by atoms with E-state index in [-0.39, 0.29) is 39.2 Å². The van der Waals surface area contributed by atoms with Gasteiger partial charge in [0.25, 0.3) is 5.69 Å². The van der Waals surface area contributed by atoms with Crippen LogP contribution in [0.4, 0.5) is 11.4 Å². The molecule has 0 aliphatic heterocycles. The second-order valence-corrected chi connectivity index (χ2v) is 15.2. The number of nitro benzene ring substituents is 1. The number of nitro groups is 1. The van der Waals surface area contributed by atoms with E-state index in [4.69, 9.17) is 33.8 Å². The number of unbranched alkanes of at least 4 members (excludes halogenated alkanes) is 6. The summed E-state index contributed by atoms with van der Waals surface area (Å²) in [7, 11) is 0. The molecule has 0 aliphatic carbocycles. The van der Waals surface area contributed by atoms with Gasteiger partial charge in [-0.3, -0.25) is 15.5 Å². The number of imidazole rings is 1. The molecule has 5 rings (SSSR count). The third-order valence-corrected chi connectivity index (χ3v) is 10.1. The lowest BCUT2D eigenvalue weighted by atomic mass is 10.1. The van der Waals surface area contributed by atoms with Crippen molar-refractivity contribution in [2.75, 3.05) is 31.7 Å². The van der Waals surface area contributed by atoms with Crippen LogP contribution in [0.2, 0.25) is 0 Å². The number of hydrogen-bond acceptors (Lipinski definition) is 15. The third kappa shape index (κ3) is 16.4. The first-order chi connectivity index (χ1) is 32.0. The molecule has 0 saturated carbocycles. The molecule has 5 aromatic rings. The summed E-state index contributed by atoms with van der Waals surface area (Å²) in [6.07, 6.45) is 10.5. The maximum absolute atomic E-state index is 13.4. The maximum Gasteiger partial charge on any atom is 0.343 e. The van der Waals surface area contributed by atoms with E-state index in [0.29, 0.717) is 54.3 Å². The Kier molecular flexibility index (Phi) is 19.5. The number of anilines is 1. The van der Waals surface area contributed by atoms with Crippen LogP contribution in [0.5, 0.6) is 23.0 Å². The van der Waals surface area contributed by atoms with Crippen LogP contribution < -0.4 is 24.3 Å². The Bertz CT molecular complexity index is 2460. The van der Waals surface area contributed by atoms with Crippen molar-refractivity contribution in [1.29, 1.82) is 5.41 Å². The minimum Gasteiger partial charge on any atom is -0.494 e. The number of ether oxygens (including phenoxy) is 6. The Morgan fingerprint density at radius 1 is 0.682 bits per heavy atom. The van der Waals surface area contributed by atoms with Crippen molar-refractivity contribution in [2.45, 2.75) is 56.5 Å². The number of thioether (sulfide) groups is 1. The zero-order valence-electron chi connectivity index (χ0n) is 36.0. The molecular formula is C48H49N5O12S. The summed E-state index contributed by atoms with van der Waals surface area (Å²) in [6, 6.07) is 23.1. The largest absolute Gasteiger partial charge is 0.494 e. The van der Waals surface area contributed by atoms with Gasteiger partial charge in [0.2, 0.25) is 0 Å². The van der Waals surface area contributed by atoms with Gasteiger partial charge in [-0.15, -0.1) is 0 Å². The van der Waals surface area contributed by atoms with E-state index in [2.05, 4.69) is 28.4 Å². The smallest absolute Gasteiger partial charge is 0.343 e. The molecule has 0 unspecified atom stereocenters. The predicted molar refractivity (Wildman–Crippen MR) is 247 cm³/mol. The first-order valence-electron chi connectivity index (χ1n) is 21.0. The quantitative estimate of drug-likeness (QED) is 0.00539. The predicted octanol–water partition coefficient (Wildman–Crippen LogP) is 9.90. The fourth-order valence-electron chi connectivity index (χ4n) is 5.92. The molecule has 0 radical (unpaired) electrons. The minimum absolute atomic E-state index is 0.0355. The highest BCUT2D eigenvalue weighted by molar-refractivity contribution is 8.13. The van der Waals surface area contributed by atoms with Gasteiger partial charge in [-0.25, -0.2) is 24.2 Å². The lowest BCUT2D eigenvalue weighted by Crippen LogP contribution is -2.13. The molecule has 0 spiro atoms. The number of H-pyrrole nitrogens is 1. The fourth-order valence-corrected chi connectivity index (χ4v) is 6.54. The molecule has 1 aromatic heterocycles. The molecule has 0 amide bonds. The van der Waals surface area contributed by atoms with Gasteiger partial charge in [0.05, 0.1) is 53.9 Å². The van der Waals surface area contributed by atoms with Crippen LogP contribution >= 0.6 is 11.8 Å². The minimum atomic E-state index is -0.696. The number of carbonyl (C=O) groups excluding carboxylic acids is 4. The molecule has 0 saturated heterocycles. The first-order valence-corrected chi connectivity index (χ1v) is 21.8. The molecular weight excluding hydrogens is 871 g/mol. The van der Waals surface area contributed by atoms with Crippen molar-refractivity contribution in [3.63, 3.8) is 0 Å². The normalized spacial score (nSPS) is 10.5. The summed E-state index contributed by atoms with van der Waals surface area (Å²) in [5, 5.41) is 22.9. The maximum atomic E-state index is 13.4. The summed E-state index contributed by atoms with van der Waals surface area (Å²) in [5.41, 5.74) is 1.68. The number of aromatic amines is 1. The standard InChI is InChI=1S/C48H49N5O12S/c1-3-43(54)62-29-11-7-5-9-27-60-37-21-15-34(16-22-37)45(56)64-39-25-26-42(65-46(57)35-17-23-38(24-18-35)61-28-10-6-8-12-30-63-44(55)4-2)40(31-39)51-47(49)66-48-50-32-41(52-48)33-13-19-36(20-14-33)53(58)59/h3-4,13-26,31-32H,1-2,5-12,27-30H2,(H2,49,51)(H,50,52). The number of nitrogens with zero attached hydrogens (tertiary/aromatic N) is 2. The second-order valence-electron chi connectivity index (χ2n) is 14.2. The molecule has 17 nitrogen and oxygen atoms in total. The SMILES string of the molecule is C=CC(=O)OCCCCCCOc1ccc(C(=O)Oc2ccc(OC(=O)c3ccc(OCCCCCCOC(=O)C=C)cc3)c(NC(=N)Sc3nc(-c4ccc([N+](=O)[O-])cc4)c[nH]3)c2)cc1. The van der Waals surface area contributed by atoms with E-state index in [1.807, 2.05) is 0 Å². The summed E-state index contributed by atoms with van der Waals surface area (Å²) >= 11 is 0.916. The van der Waals surface area contributed by atoms with E-state index in [0.717, 1.165) is 75.3 Å². The molecule has 0 atom stereocenters. The fraction of sp³-hybridized carbons (Fsp3) is 0.250. The number of aromatic nitrogens is 2. The molecule has 344 valence electrons. The van der Waals surface area contributed by atoms with Gasteiger partial charge < -0.3 is 38.7 Å². The summed E-state index contributed by atoms with van der Waals surface area (Å²) in [5.74, 6) is -0.960. The van der Waals surface area contributed by atoms with Crippen LogP contribution in [0.15, 0.2) is 128 Å². The average molecular weight is 920 g/mol. The van der Waals surface area contributed by atoms with Gasteiger partial charge in [-0.1, -0.05) is 13.2 Å². The first kappa shape index (κ1) is 49.3. The molecule has 3 N–H and O–H groups in total. The zero-order valence-corrected chi connectivity index (χ0v) is 36.8. The monoisotopic (exact) mass is 919 g/mol. The van der Waals surface area contributed by atoms with E-state index >= 15 is 0 Å². The number of amidine groups is 1. The van der Waals surface area contributed by atoms with Gasteiger partial charge in [0.1, 0.15) is 17.2 Å². The van der Waals surface area contributed by atoms with Crippen molar-refractivity contribution in [3.8, 4) is 34.3 Å². The Hall–Kier alpha value is -7.73. The molecule has 0 fully saturated rings. The van der Waals surface area contributed by atoms with Gasteiger partial charge in [0.15, 0.2) is 16.1 Å². The summed E-state index contributed by atoms with van der Waals surface area (Å²) in [6.45, 7) is 8.36. The van der Waals surface area contributed by atoms with Crippen molar-refractivity contribution >= 4 is 52.2 Å². The number of nitrogens with one attached hydrogen (secondary N) is 3. The van der Waals surface area contributed by atoms with E-state index < -0.39 is 28.8 Å². The molecule has 0 bridgehead atoms. The van der Waals surface area contributed by atoms with Crippen LogP contribution in [-0.2, 0) is 19.1 Å². The van der Waals surface area contributed by atoms with Crippen molar-refractivity contribution in [1.82, 2.24) is 9.97 Å². The molecule has 0 aliphatic rings. The molecule has 1 heterocycles. The van der Waals surface area contributed by atoms with Gasteiger partial charge in [-0.2, -0.15) is 0 Å². The molecule has 4 aromatic carbocycles. The Balaban J connectivity index is 1.19. The number of hydrogen-bond donors (Lipinski definition) is 3. The highest BCUT2D eigenvalue weighted by Crippen LogP contribution is 2.33. The summed E-state index contributed by atoms with van der Waals surface area (Å²) < 4.78 is 33.0. The second kappa shape index (κ2) is 26.2. The number of benzene rings is 4. The van der Waals surface area contributed by atoms with Gasteiger partial charge in [-0.05, 0) is 136 Å². The lowest BCUT2D eigenvalue weighted by Gasteiger charge is -2.14. The lowest BCUT2D eigenvalue weighted by molar-refractivity contribution is -0.384. The van der Waals surface area contributed by atoms with Gasteiger partial charge >= 0.3 is 23.9 Å².